The molecule has 0 fully saturated rings. The van der Waals surface area contributed by atoms with Gasteiger partial charge in [-0.1, -0.05) is 12.1 Å². The molecular formula is C21H16F2N6O2. The van der Waals surface area contributed by atoms with Gasteiger partial charge in [-0.25, -0.2) is 23.2 Å². The molecule has 156 valence electrons. The molecule has 2 amide bonds. The molecule has 0 aliphatic carbocycles. The monoisotopic (exact) mass is 422 g/mol. The van der Waals surface area contributed by atoms with Crippen LogP contribution in [0.15, 0.2) is 72.0 Å². The Morgan fingerprint density at radius 1 is 1.10 bits per heavy atom. The van der Waals surface area contributed by atoms with Crippen LogP contribution in [0.25, 0.3) is 16.9 Å². The van der Waals surface area contributed by atoms with Crippen LogP contribution in [0.3, 0.4) is 0 Å². The Morgan fingerprint density at radius 2 is 1.90 bits per heavy atom. The molecule has 4 rings (SSSR count). The molecular weight excluding hydrogens is 406 g/mol. The van der Waals surface area contributed by atoms with Gasteiger partial charge in [-0.3, -0.25) is 14.9 Å². The average molecular weight is 422 g/mol. The Kier molecular flexibility index (Phi) is 5.52. The van der Waals surface area contributed by atoms with Crippen molar-refractivity contribution < 1.29 is 13.6 Å². The van der Waals surface area contributed by atoms with Crippen LogP contribution in [-0.2, 0) is 6.54 Å². The Bertz CT molecular complexity index is 1270. The summed E-state index contributed by atoms with van der Waals surface area (Å²) in [7, 11) is 0. The predicted octanol–water partition coefficient (Wildman–Crippen LogP) is 3.22. The Hall–Kier alpha value is -4.34. The molecule has 8 nitrogen and oxygen atoms in total. The van der Waals surface area contributed by atoms with Crippen molar-refractivity contribution in [2.75, 3.05) is 5.32 Å². The van der Waals surface area contributed by atoms with Crippen molar-refractivity contribution >= 4 is 11.7 Å². The third kappa shape index (κ3) is 4.32. The number of halogens is 2. The van der Waals surface area contributed by atoms with Gasteiger partial charge in [0, 0.05) is 36.9 Å². The maximum Gasteiger partial charge on any atom is 0.319 e. The zero-order valence-electron chi connectivity index (χ0n) is 16.0. The SMILES string of the molecule is O=C(NCc1ccnc(-n2[nH]cc(-c3cccnc3)c2=O)c1)Nc1c(F)cccc1F. The molecule has 0 bridgehead atoms. The molecule has 0 saturated carbocycles. The summed E-state index contributed by atoms with van der Waals surface area (Å²) < 4.78 is 28.6. The summed E-state index contributed by atoms with van der Waals surface area (Å²) in [5, 5.41) is 7.51. The minimum atomic E-state index is -0.878. The molecule has 0 aliphatic rings. The second-order valence-electron chi connectivity index (χ2n) is 6.50. The molecule has 0 radical (unpaired) electrons. The maximum atomic E-state index is 13.6. The number of para-hydroxylation sites is 1. The van der Waals surface area contributed by atoms with E-state index >= 15 is 0 Å². The first-order valence-electron chi connectivity index (χ1n) is 9.18. The van der Waals surface area contributed by atoms with Crippen LogP contribution in [0.2, 0.25) is 0 Å². The van der Waals surface area contributed by atoms with E-state index in [0.29, 0.717) is 22.5 Å². The highest BCUT2D eigenvalue weighted by molar-refractivity contribution is 5.89. The van der Waals surface area contributed by atoms with Gasteiger partial charge in [0.05, 0.1) is 5.56 Å². The van der Waals surface area contributed by atoms with Gasteiger partial charge in [-0.2, -0.15) is 0 Å². The van der Waals surface area contributed by atoms with Crippen LogP contribution in [0.1, 0.15) is 5.56 Å². The van der Waals surface area contributed by atoms with E-state index in [-0.39, 0.29) is 12.1 Å². The van der Waals surface area contributed by atoms with Gasteiger partial charge in [0.2, 0.25) is 0 Å². The minimum absolute atomic E-state index is 0.0440. The number of nitrogens with one attached hydrogen (secondary N) is 3. The number of rotatable bonds is 5. The molecule has 0 unspecified atom stereocenters. The predicted molar refractivity (Wildman–Crippen MR) is 110 cm³/mol. The minimum Gasteiger partial charge on any atom is -0.334 e. The Balaban J connectivity index is 1.48. The van der Waals surface area contributed by atoms with Gasteiger partial charge in [0.15, 0.2) is 5.82 Å². The van der Waals surface area contributed by atoms with Gasteiger partial charge in [0.25, 0.3) is 5.56 Å². The molecule has 0 atom stereocenters. The third-order valence-corrected chi connectivity index (χ3v) is 4.44. The van der Waals surface area contributed by atoms with E-state index in [4.69, 9.17) is 0 Å². The lowest BCUT2D eigenvalue weighted by Gasteiger charge is -2.10. The second kappa shape index (κ2) is 8.57. The number of hydrogen-bond donors (Lipinski definition) is 3. The van der Waals surface area contributed by atoms with E-state index in [0.717, 1.165) is 12.1 Å². The molecule has 0 aliphatic heterocycles. The Morgan fingerprint density at radius 3 is 2.65 bits per heavy atom. The van der Waals surface area contributed by atoms with Crippen molar-refractivity contribution in [3.05, 3.63) is 94.8 Å². The molecule has 3 aromatic heterocycles. The number of amides is 2. The van der Waals surface area contributed by atoms with Crippen LogP contribution in [-0.4, -0.2) is 25.8 Å². The molecule has 3 heterocycles. The number of pyridine rings is 2. The van der Waals surface area contributed by atoms with E-state index in [1.807, 2.05) is 0 Å². The fourth-order valence-corrected chi connectivity index (χ4v) is 2.92. The fourth-order valence-electron chi connectivity index (χ4n) is 2.92. The second-order valence-corrected chi connectivity index (χ2v) is 6.50. The number of urea groups is 1. The highest BCUT2D eigenvalue weighted by atomic mass is 19.1. The van der Waals surface area contributed by atoms with Crippen molar-refractivity contribution in [2.24, 2.45) is 0 Å². The first kappa shape index (κ1) is 20.0. The largest absolute Gasteiger partial charge is 0.334 e. The van der Waals surface area contributed by atoms with Crippen LogP contribution in [0.5, 0.6) is 0 Å². The average Bonchev–Trinajstić information content (AvgIpc) is 3.17. The van der Waals surface area contributed by atoms with Gasteiger partial charge >= 0.3 is 6.03 Å². The number of H-pyrrole nitrogens is 1. The summed E-state index contributed by atoms with van der Waals surface area (Å²) in [5.74, 6) is -1.44. The van der Waals surface area contributed by atoms with Crippen molar-refractivity contribution in [3.8, 4) is 16.9 Å². The number of nitrogens with zero attached hydrogens (tertiary/aromatic N) is 3. The van der Waals surface area contributed by atoms with Crippen molar-refractivity contribution in [1.29, 1.82) is 0 Å². The summed E-state index contributed by atoms with van der Waals surface area (Å²) in [6.45, 7) is 0.0440. The summed E-state index contributed by atoms with van der Waals surface area (Å²) in [6.07, 6.45) is 6.24. The van der Waals surface area contributed by atoms with Gasteiger partial charge in [0.1, 0.15) is 17.3 Å². The highest BCUT2D eigenvalue weighted by Gasteiger charge is 2.13. The number of carbonyl (C=O) groups is 1. The summed E-state index contributed by atoms with van der Waals surface area (Å²) in [6, 6.07) is 9.26. The van der Waals surface area contributed by atoms with E-state index in [9.17, 15) is 18.4 Å². The smallest absolute Gasteiger partial charge is 0.319 e. The standard InChI is InChI=1S/C21H16F2N6O2/c22-16-4-1-5-17(23)19(16)28-21(31)26-10-13-6-8-25-18(9-13)29-20(30)15(12-27-29)14-3-2-7-24-11-14/h1-9,11-12,27H,10H2,(H2,26,28,31). The number of anilines is 1. The van der Waals surface area contributed by atoms with Crippen molar-refractivity contribution in [2.45, 2.75) is 6.54 Å². The molecule has 0 spiro atoms. The third-order valence-electron chi connectivity index (χ3n) is 4.44. The molecule has 1 aromatic carbocycles. The molecule has 10 heteroatoms. The van der Waals surface area contributed by atoms with Gasteiger partial charge in [-0.15, -0.1) is 0 Å². The lowest BCUT2D eigenvalue weighted by Crippen LogP contribution is -2.29. The van der Waals surface area contributed by atoms with Crippen LogP contribution in [0, 0.1) is 11.6 Å². The maximum absolute atomic E-state index is 13.6. The number of aromatic amines is 1. The molecule has 3 N–H and O–H groups in total. The lowest BCUT2D eigenvalue weighted by molar-refractivity contribution is 0.251. The zero-order valence-corrected chi connectivity index (χ0v) is 16.0. The van der Waals surface area contributed by atoms with E-state index in [1.54, 1.807) is 42.9 Å². The first-order valence-corrected chi connectivity index (χ1v) is 9.18. The summed E-state index contributed by atoms with van der Waals surface area (Å²) in [5.41, 5.74) is 0.885. The molecule has 0 saturated heterocycles. The summed E-state index contributed by atoms with van der Waals surface area (Å²) >= 11 is 0. The van der Waals surface area contributed by atoms with E-state index < -0.39 is 23.4 Å². The van der Waals surface area contributed by atoms with Crippen molar-refractivity contribution in [3.63, 3.8) is 0 Å². The molecule has 4 aromatic rings. The zero-order chi connectivity index (χ0) is 21.8. The van der Waals surface area contributed by atoms with Crippen LogP contribution in [0.4, 0.5) is 19.3 Å². The quantitative estimate of drug-likeness (QED) is 0.459. The highest BCUT2D eigenvalue weighted by Crippen LogP contribution is 2.18. The normalized spacial score (nSPS) is 10.6. The fraction of sp³-hybridized carbons (Fsp3) is 0.0476. The van der Waals surface area contributed by atoms with Gasteiger partial charge in [-0.05, 0) is 35.9 Å². The van der Waals surface area contributed by atoms with E-state index in [1.165, 1.54) is 16.9 Å². The van der Waals surface area contributed by atoms with Crippen LogP contribution >= 0.6 is 0 Å². The molecule has 31 heavy (non-hydrogen) atoms. The van der Waals surface area contributed by atoms with Gasteiger partial charge < -0.3 is 10.6 Å². The number of aromatic nitrogens is 4. The van der Waals surface area contributed by atoms with E-state index in [2.05, 4.69) is 25.7 Å². The number of carbonyl (C=O) groups excluding carboxylic acids is 1. The summed E-state index contributed by atoms with van der Waals surface area (Å²) in [4.78, 5) is 32.9. The first-order chi connectivity index (χ1) is 15.0. The van der Waals surface area contributed by atoms with Crippen LogP contribution < -0.4 is 16.2 Å². The lowest BCUT2D eigenvalue weighted by atomic mass is 10.2. The Labute approximate surface area is 174 Å². The van der Waals surface area contributed by atoms with Crippen molar-refractivity contribution in [1.82, 2.24) is 25.1 Å². The number of hydrogen-bond acceptors (Lipinski definition) is 4. The number of benzene rings is 1. The topological polar surface area (TPSA) is 105 Å².